The van der Waals surface area contributed by atoms with Gasteiger partial charge in [0.2, 0.25) is 0 Å². The number of aromatic nitrogens is 1. The predicted molar refractivity (Wildman–Crippen MR) is 132 cm³/mol. The van der Waals surface area contributed by atoms with Gasteiger partial charge in [0.1, 0.15) is 0 Å². The summed E-state index contributed by atoms with van der Waals surface area (Å²) >= 11 is 6.22. The summed E-state index contributed by atoms with van der Waals surface area (Å²) in [6.07, 6.45) is 6.50. The Kier molecular flexibility index (Phi) is 7.07. The van der Waals surface area contributed by atoms with Gasteiger partial charge in [-0.3, -0.25) is 4.98 Å². The average Bonchev–Trinajstić information content (AvgIpc) is 2.82. The Morgan fingerprint density at radius 1 is 1.12 bits per heavy atom. The highest BCUT2D eigenvalue weighted by atomic mass is 35.5. The summed E-state index contributed by atoms with van der Waals surface area (Å²) in [5, 5.41) is 15.1. The Balaban J connectivity index is 1.58. The zero-order valence-corrected chi connectivity index (χ0v) is 19.7. The highest BCUT2D eigenvalue weighted by Gasteiger charge is 2.24. The van der Waals surface area contributed by atoms with E-state index in [1.54, 1.807) is 18.3 Å². The second-order valence-corrected chi connectivity index (χ2v) is 8.80. The number of nitrogens with one attached hydrogen (secondary N) is 1. The summed E-state index contributed by atoms with van der Waals surface area (Å²) in [5.41, 5.74) is 3.76. The molecule has 0 amide bonds. The van der Waals surface area contributed by atoms with Crippen molar-refractivity contribution in [1.29, 1.82) is 0 Å². The zero-order valence-electron chi connectivity index (χ0n) is 19.0. The number of aromatic hydroxyl groups is 1. The third kappa shape index (κ3) is 4.64. The molecule has 1 aromatic heterocycles. The summed E-state index contributed by atoms with van der Waals surface area (Å²) in [5.74, 6) is 0.310. The minimum Gasteiger partial charge on any atom is -0.503 e. The first-order chi connectivity index (χ1) is 15.5. The van der Waals surface area contributed by atoms with Gasteiger partial charge in [0.05, 0.1) is 23.3 Å². The number of benzene rings is 2. The third-order valence-electron chi connectivity index (χ3n) is 6.63. The van der Waals surface area contributed by atoms with Gasteiger partial charge in [-0.2, -0.15) is 0 Å². The number of phenolic OH excluding ortho intramolecular Hbond substituents is 1. The standard InChI is InChI=1S/C26H31ClN3O2/c1-4-30(5-2)20-9-7-19(8-10-20)29-24-12-13-28-23-11-6-17(14-21(23)24)18-15-22(27)26(31)25(16-18)32-3/h6,11,13-16,19-20,31H,4-5,7-10H2,1-3H3,(H,28,29)/t19-,20-. The lowest BCUT2D eigenvalue weighted by atomic mass is 9.89. The fourth-order valence-electron chi connectivity index (χ4n) is 4.82. The van der Waals surface area contributed by atoms with Gasteiger partial charge >= 0.3 is 0 Å². The lowest BCUT2D eigenvalue weighted by Gasteiger charge is -2.36. The molecular formula is C26H31ClN3O2. The number of halogens is 1. The number of methoxy groups -OCH3 is 1. The van der Waals surface area contributed by atoms with Gasteiger partial charge in [0.25, 0.3) is 0 Å². The summed E-state index contributed by atoms with van der Waals surface area (Å²) in [6.45, 7) is 6.74. The fraction of sp³-hybridized carbons (Fsp3) is 0.423. The summed E-state index contributed by atoms with van der Waals surface area (Å²) in [4.78, 5) is 7.08. The molecule has 0 unspecified atom stereocenters. The van der Waals surface area contributed by atoms with Gasteiger partial charge in [-0.25, -0.2) is 0 Å². The van der Waals surface area contributed by atoms with Crippen LogP contribution in [-0.4, -0.2) is 47.3 Å². The van der Waals surface area contributed by atoms with Crippen LogP contribution in [0.1, 0.15) is 39.5 Å². The number of fused-ring (bicyclic) bond motifs is 1. The molecule has 1 saturated carbocycles. The topological polar surface area (TPSA) is 57.6 Å². The monoisotopic (exact) mass is 452 g/mol. The maximum absolute atomic E-state index is 10.1. The van der Waals surface area contributed by atoms with Crippen LogP contribution in [-0.2, 0) is 0 Å². The number of phenols is 1. The molecule has 1 fully saturated rings. The van der Waals surface area contributed by atoms with Crippen LogP contribution in [0.4, 0.5) is 5.69 Å². The van der Waals surface area contributed by atoms with Gasteiger partial charge in [0.15, 0.2) is 11.5 Å². The first-order valence-corrected chi connectivity index (χ1v) is 11.8. The van der Waals surface area contributed by atoms with E-state index in [9.17, 15) is 5.11 Å². The van der Waals surface area contributed by atoms with Crippen molar-refractivity contribution in [2.45, 2.75) is 51.6 Å². The first-order valence-electron chi connectivity index (χ1n) is 11.4. The van der Waals surface area contributed by atoms with Crippen LogP contribution in [0.25, 0.3) is 22.0 Å². The van der Waals surface area contributed by atoms with Crippen molar-refractivity contribution in [3.8, 4) is 22.6 Å². The van der Waals surface area contributed by atoms with Crippen LogP contribution < -0.4 is 10.1 Å². The maximum atomic E-state index is 10.1. The molecule has 0 bridgehead atoms. The minimum atomic E-state index is -0.0450. The van der Waals surface area contributed by atoms with Gasteiger partial charge in [0, 0.05) is 29.7 Å². The summed E-state index contributed by atoms with van der Waals surface area (Å²) in [7, 11) is 1.52. The fourth-order valence-corrected chi connectivity index (χ4v) is 5.03. The van der Waals surface area contributed by atoms with Crippen LogP contribution in [0.5, 0.6) is 11.5 Å². The zero-order chi connectivity index (χ0) is 22.7. The van der Waals surface area contributed by atoms with Gasteiger partial charge in [-0.1, -0.05) is 31.5 Å². The normalized spacial score (nSPS) is 18.8. The Bertz CT molecular complexity index is 1080. The van der Waals surface area contributed by atoms with Crippen molar-refractivity contribution in [1.82, 2.24) is 9.88 Å². The molecule has 1 aliphatic rings. The number of hydrogen-bond donors (Lipinski definition) is 2. The molecule has 1 aliphatic carbocycles. The minimum absolute atomic E-state index is 0.0450. The van der Waals surface area contributed by atoms with E-state index in [-0.39, 0.29) is 10.8 Å². The molecule has 0 saturated heterocycles. The molecule has 32 heavy (non-hydrogen) atoms. The molecule has 2 N–H and O–H groups in total. The van der Waals surface area contributed by atoms with Gasteiger partial charge < -0.3 is 20.1 Å². The Morgan fingerprint density at radius 3 is 2.56 bits per heavy atom. The molecule has 0 aliphatic heterocycles. The second kappa shape index (κ2) is 9.97. The average molecular weight is 453 g/mol. The van der Waals surface area contributed by atoms with E-state index in [0.29, 0.717) is 17.8 Å². The van der Waals surface area contributed by atoms with Gasteiger partial charge in [-0.15, -0.1) is 0 Å². The number of hydrogen-bond acceptors (Lipinski definition) is 5. The predicted octanol–water partition coefficient (Wildman–Crippen LogP) is 6.13. The first kappa shape index (κ1) is 22.7. The number of pyridine rings is 1. The van der Waals surface area contributed by atoms with E-state index < -0.39 is 0 Å². The number of anilines is 1. The molecular weight excluding hydrogens is 422 g/mol. The second-order valence-electron chi connectivity index (χ2n) is 8.39. The molecule has 1 heterocycles. The van der Waals surface area contributed by atoms with Gasteiger partial charge in [-0.05, 0) is 74.2 Å². The Labute approximate surface area is 195 Å². The molecule has 4 rings (SSSR count). The molecule has 2 aromatic carbocycles. The third-order valence-corrected chi connectivity index (χ3v) is 6.92. The van der Waals surface area contributed by atoms with Crippen LogP contribution in [0.3, 0.4) is 0 Å². The van der Waals surface area contributed by atoms with Crippen molar-refractivity contribution in [3.05, 3.63) is 47.6 Å². The summed E-state index contributed by atoms with van der Waals surface area (Å²) in [6, 6.07) is 14.1. The van der Waals surface area contributed by atoms with Crippen molar-refractivity contribution in [2.75, 3.05) is 25.5 Å². The number of ether oxygens (including phenoxy) is 1. The van der Waals surface area contributed by atoms with Crippen molar-refractivity contribution in [2.24, 2.45) is 0 Å². The van der Waals surface area contributed by atoms with E-state index in [2.05, 4.69) is 41.2 Å². The van der Waals surface area contributed by atoms with E-state index in [1.807, 2.05) is 12.1 Å². The molecule has 0 spiro atoms. The summed E-state index contributed by atoms with van der Waals surface area (Å²) < 4.78 is 5.27. The largest absolute Gasteiger partial charge is 0.503 e. The van der Waals surface area contributed by atoms with Crippen molar-refractivity contribution >= 4 is 28.2 Å². The SMILES string of the molecule is CCN(CC)[C@H]1CC[C@H](Nc2[c]cnc3ccc(-c4cc(Cl)c(O)c(OC)c4)cc23)CC1. The van der Waals surface area contributed by atoms with E-state index in [0.717, 1.165) is 53.6 Å². The highest BCUT2D eigenvalue weighted by Crippen LogP contribution is 2.39. The molecule has 0 atom stereocenters. The van der Waals surface area contributed by atoms with Crippen LogP contribution in [0.2, 0.25) is 5.02 Å². The van der Waals surface area contributed by atoms with Crippen molar-refractivity contribution < 1.29 is 9.84 Å². The molecule has 3 aromatic rings. The van der Waals surface area contributed by atoms with Crippen molar-refractivity contribution in [3.63, 3.8) is 0 Å². The number of nitrogens with zero attached hydrogens (tertiary/aromatic N) is 2. The Hall–Kier alpha value is -2.50. The maximum Gasteiger partial charge on any atom is 0.176 e. The molecule has 5 nitrogen and oxygen atoms in total. The molecule has 6 heteroatoms. The van der Waals surface area contributed by atoms with Crippen LogP contribution in [0, 0.1) is 6.07 Å². The lowest BCUT2D eigenvalue weighted by Crippen LogP contribution is -2.40. The quantitative estimate of drug-likeness (QED) is 0.451. The van der Waals surface area contributed by atoms with Crippen LogP contribution in [0.15, 0.2) is 36.5 Å². The number of rotatable bonds is 7. The van der Waals surface area contributed by atoms with E-state index >= 15 is 0 Å². The lowest BCUT2D eigenvalue weighted by molar-refractivity contribution is 0.167. The molecule has 1 radical (unpaired) electrons. The Morgan fingerprint density at radius 2 is 1.88 bits per heavy atom. The van der Waals surface area contributed by atoms with E-state index in [4.69, 9.17) is 16.3 Å². The van der Waals surface area contributed by atoms with Crippen LogP contribution >= 0.6 is 11.6 Å². The van der Waals surface area contributed by atoms with E-state index in [1.165, 1.54) is 20.0 Å². The molecule has 169 valence electrons. The smallest absolute Gasteiger partial charge is 0.176 e. The highest BCUT2D eigenvalue weighted by molar-refractivity contribution is 6.32.